The minimum Gasteiger partial charge on any atom is -0.0815 e. The summed E-state index contributed by atoms with van der Waals surface area (Å²) >= 11 is 0. The quantitative estimate of drug-likeness (QED) is 0.506. The van der Waals surface area contributed by atoms with Gasteiger partial charge in [-0.2, -0.15) is 0 Å². The van der Waals surface area contributed by atoms with Crippen molar-refractivity contribution >= 4 is 0 Å². The van der Waals surface area contributed by atoms with Gasteiger partial charge < -0.3 is 0 Å². The first-order chi connectivity index (χ1) is 9.40. The third kappa shape index (κ3) is 5.77. The highest BCUT2D eigenvalue weighted by atomic mass is 14.1. The summed E-state index contributed by atoms with van der Waals surface area (Å²) in [7, 11) is 0. The van der Waals surface area contributed by atoms with Gasteiger partial charge in [-0.15, -0.1) is 0 Å². The highest BCUT2D eigenvalue weighted by molar-refractivity contribution is 5.23. The number of hydrogen-bond acceptors (Lipinski definition) is 0. The van der Waals surface area contributed by atoms with Crippen LogP contribution in [-0.4, -0.2) is 0 Å². The van der Waals surface area contributed by atoms with Gasteiger partial charge in [-0.3, -0.25) is 0 Å². The monoisotopic (exact) mass is 270 g/mol. The molecule has 0 atom stereocenters. The van der Waals surface area contributed by atoms with Gasteiger partial charge in [0.2, 0.25) is 0 Å². The molecule has 1 aromatic rings. The van der Waals surface area contributed by atoms with Crippen LogP contribution in [0.5, 0.6) is 0 Å². The van der Waals surface area contributed by atoms with Gasteiger partial charge in [0.15, 0.2) is 0 Å². The van der Waals surface area contributed by atoms with Crippen LogP contribution in [-0.2, 0) is 0 Å². The Balaban J connectivity index is 0.000000200. The fourth-order valence-electron chi connectivity index (χ4n) is 2.26. The van der Waals surface area contributed by atoms with Crippen molar-refractivity contribution in [2.24, 2.45) is 0 Å². The molecule has 1 aromatic carbocycles. The fraction of sp³-hybridized carbons (Fsp3) is 0.500. The Morgan fingerprint density at radius 1 is 0.950 bits per heavy atom. The Bertz CT molecular complexity index is 465. The number of benzene rings is 1. The van der Waals surface area contributed by atoms with Crippen molar-refractivity contribution in [3.8, 4) is 0 Å². The zero-order valence-corrected chi connectivity index (χ0v) is 14.1. The lowest BCUT2D eigenvalue weighted by atomic mass is 9.93. The molecule has 0 unspecified atom stereocenters. The average Bonchev–Trinajstić information content (AvgIpc) is 2.40. The molecule has 0 saturated carbocycles. The van der Waals surface area contributed by atoms with Gasteiger partial charge >= 0.3 is 0 Å². The lowest BCUT2D eigenvalue weighted by molar-refractivity contribution is 0.834. The molecule has 0 radical (unpaired) electrons. The molecule has 1 aliphatic carbocycles. The molecule has 1 aliphatic rings. The van der Waals surface area contributed by atoms with E-state index in [9.17, 15) is 0 Å². The van der Waals surface area contributed by atoms with Gasteiger partial charge in [-0.1, -0.05) is 66.5 Å². The van der Waals surface area contributed by atoms with E-state index < -0.39 is 0 Å². The lowest BCUT2D eigenvalue weighted by Crippen LogP contribution is -1.93. The van der Waals surface area contributed by atoms with Crippen LogP contribution in [0.2, 0.25) is 0 Å². The predicted molar refractivity (Wildman–Crippen MR) is 91.3 cm³/mol. The molecule has 0 fully saturated rings. The van der Waals surface area contributed by atoms with E-state index in [0.29, 0.717) is 5.92 Å². The first kappa shape index (κ1) is 16.8. The van der Waals surface area contributed by atoms with Crippen LogP contribution >= 0.6 is 0 Å². The Hall–Kier alpha value is -1.30. The fourth-order valence-corrected chi connectivity index (χ4v) is 2.26. The Labute approximate surface area is 125 Å². The molecule has 0 aromatic heterocycles. The first-order valence-electron chi connectivity index (χ1n) is 7.77. The van der Waals surface area contributed by atoms with Crippen molar-refractivity contribution in [1.82, 2.24) is 0 Å². The summed E-state index contributed by atoms with van der Waals surface area (Å²) in [5, 5.41) is 0. The molecule has 0 saturated heterocycles. The van der Waals surface area contributed by atoms with Crippen LogP contribution in [0.4, 0.5) is 0 Å². The Kier molecular flexibility index (Phi) is 6.78. The maximum atomic E-state index is 2.35. The molecule has 0 bridgehead atoms. The van der Waals surface area contributed by atoms with Crippen molar-refractivity contribution in [3.05, 3.63) is 58.2 Å². The molecule has 0 nitrogen and oxygen atoms in total. The van der Waals surface area contributed by atoms with Crippen LogP contribution in [0.3, 0.4) is 0 Å². The molecule has 0 heteroatoms. The van der Waals surface area contributed by atoms with E-state index in [0.717, 1.165) is 0 Å². The summed E-state index contributed by atoms with van der Waals surface area (Å²) in [6, 6.07) is 8.71. The smallest absolute Gasteiger partial charge is 0.0134 e. The second-order valence-corrected chi connectivity index (χ2v) is 6.42. The topological polar surface area (TPSA) is 0 Å². The van der Waals surface area contributed by atoms with Crippen LogP contribution in [0.15, 0.2) is 47.1 Å². The molecule has 0 heterocycles. The third-order valence-electron chi connectivity index (χ3n) is 3.97. The van der Waals surface area contributed by atoms with Crippen molar-refractivity contribution in [2.75, 3.05) is 0 Å². The van der Waals surface area contributed by atoms with Crippen LogP contribution < -0.4 is 0 Å². The molecule has 110 valence electrons. The molecular weight excluding hydrogens is 240 g/mol. The van der Waals surface area contributed by atoms with Crippen LogP contribution in [0.1, 0.15) is 70.9 Å². The summed E-state index contributed by atoms with van der Waals surface area (Å²) < 4.78 is 0. The molecule has 0 spiro atoms. The average molecular weight is 270 g/mol. The summed E-state index contributed by atoms with van der Waals surface area (Å²) in [5.74, 6) is 0.653. The zero-order valence-electron chi connectivity index (χ0n) is 14.1. The first-order valence-corrected chi connectivity index (χ1v) is 7.77. The van der Waals surface area contributed by atoms with Crippen molar-refractivity contribution in [1.29, 1.82) is 0 Å². The summed E-state index contributed by atoms with van der Waals surface area (Å²) in [5.41, 5.74) is 7.48. The van der Waals surface area contributed by atoms with Gasteiger partial charge in [0.1, 0.15) is 0 Å². The highest BCUT2D eigenvalue weighted by Gasteiger charge is 2.04. The van der Waals surface area contributed by atoms with Crippen LogP contribution in [0, 0.1) is 6.92 Å². The van der Waals surface area contributed by atoms with Gasteiger partial charge in [-0.05, 0) is 58.4 Å². The van der Waals surface area contributed by atoms with Gasteiger partial charge in [-0.25, -0.2) is 0 Å². The largest absolute Gasteiger partial charge is 0.0815 e. The number of hydrogen-bond donors (Lipinski definition) is 0. The zero-order chi connectivity index (χ0) is 15.1. The van der Waals surface area contributed by atoms with E-state index in [1.807, 2.05) is 0 Å². The molecule has 0 N–H and O–H groups in total. The van der Waals surface area contributed by atoms with E-state index in [-0.39, 0.29) is 0 Å². The second-order valence-electron chi connectivity index (χ2n) is 6.42. The van der Waals surface area contributed by atoms with E-state index in [2.05, 4.69) is 71.9 Å². The van der Waals surface area contributed by atoms with Crippen molar-refractivity contribution in [3.63, 3.8) is 0 Å². The van der Waals surface area contributed by atoms with E-state index in [1.54, 1.807) is 11.1 Å². The lowest BCUT2D eigenvalue weighted by Gasteiger charge is -2.13. The minimum absolute atomic E-state index is 0.653. The highest BCUT2D eigenvalue weighted by Crippen LogP contribution is 2.24. The maximum absolute atomic E-state index is 2.35. The molecule has 20 heavy (non-hydrogen) atoms. The molecule has 0 aliphatic heterocycles. The number of aryl methyl sites for hydroxylation is 1. The van der Waals surface area contributed by atoms with Gasteiger partial charge in [0.25, 0.3) is 0 Å². The molecular formula is C20H30. The van der Waals surface area contributed by atoms with Crippen molar-refractivity contribution < 1.29 is 0 Å². The molecule has 2 rings (SSSR count). The standard InChI is InChI=1S/C10H16.C10H14/c2*1-8(2)10-6-4-9(3)5-7-10/h4H,5-7H2,1-3H3;4-8H,1-3H3. The van der Waals surface area contributed by atoms with Crippen molar-refractivity contribution in [2.45, 2.75) is 66.7 Å². The van der Waals surface area contributed by atoms with Gasteiger partial charge in [0.05, 0.1) is 0 Å². The van der Waals surface area contributed by atoms with E-state index >= 15 is 0 Å². The Morgan fingerprint density at radius 2 is 1.55 bits per heavy atom. The number of rotatable bonds is 1. The summed E-state index contributed by atoms with van der Waals surface area (Å²) in [6.07, 6.45) is 6.13. The van der Waals surface area contributed by atoms with Crippen LogP contribution in [0.25, 0.3) is 0 Å². The SMILES string of the molecule is CC1=CCC(=C(C)C)CC1.Cc1ccc(C(C)C)cc1. The predicted octanol–water partition coefficient (Wildman–Crippen LogP) is 6.57. The number of allylic oxidation sites excluding steroid dienone is 4. The molecule has 0 amide bonds. The second kappa shape index (κ2) is 8.09. The summed E-state index contributed by atoms with van der Waals surface area (Å²) in [6.45, 7) is 13.2. The van der Waals surface area contributed by atoms with E-state index in [4.69, 9.17) is 0 Å². The third-order valence-corrected chi connectivity index (χ3v) is 3.97. The minimum atomic E-state index is 0.653. The summed E-state index contributed by atoms with van der Waals surface area (Å²) in [4.78, 5) is 0. The van der Waals surface area contributed by atoms with E-state index in [1.165, 1.54) is 36.0 Å². The normalized spacial score (nSPS) is 14.6. The maximum Gasteiger partial charge on any atom is -0.0134 e. The van der Waals surface area contributed by atoms with Gasteiger partial charge in [0, 0.05) is 0 Å². The Morgan fingerprint density at radius 3 is 1.95 bits per heavy atom.